The molecule has 0 bridgehead atoms. The average Bonchev–Trinajstić information content (AvgIpc) is 3.23. The number of hydrogen-bond donors (Lipinski definition) is 3. The number of aliphatic hydroxyl groups is 1. The zero-order valence-corrected chi connectivity index (χ0v) is 26.7. The van der Waals surface area contributed by atoms with Crippen LogP contribution in [0.3, 0.4) is 0 Å². The van der Waals surface area contributed by atoms with Gasteiger partial charge >= 0.3 is 19.7 Å². The number of amides is 2. The highest BCUT2D eigenvalue weighted by molar-refractivity contribution is 7.52. The van der Waals surface area contributed by atoms with Gasteiger partial charge in [-0.25, -0.2) is 13.8 Å². The van der Waals surface area contributed by atoms with Gasteiger partial charge in [0.25, 0.3) is 0 Å². The van der Waals surface area contributed by atoms with Crippen molar-refractivity contribution in [2.45, 2.75) is 63.9 Å². The number of esters is 1. The zero-order valence-electron chi connectivity index (χ0n) is 25.8. The second kappa shape index (κ2) is 14.5. The quantitative estimate of drug-likeness (QED) is 0.118. The van der Waals surface area contributed by atoms with Crippen molar-refractivity contribution in [3.8, 4) is 5.75 Å². The molecule has 0 aromatic heterocycles. The van der Waals surface area contributed by atoms with Crippen LogP contribution in [0.5, 0.6) is 5.75 Å². The van der Waals surface area contributed by atoms with Crippen LogP contribution in [0.15, 0.2) is 85.2 Å². The van der Waals surface area contributed by atoms with Crippen molar-refractivity contribution in [1.82, 2.24) is 15.3 Å². The highest BCUT2D eigenvalue weighted by atomic mass is 31.2. The lowest BCUT2D eigenvalue weighted by molar-refractivity contribution is -0.149. The van der Waals surface area contributed by atoms with Crippen LogP contribution in [-0.2, 0) is 23.4 Å². The Labute approximate surface area is 266 Å². The molecule has 3 N–H and O–H groups in total. The fourth-order valence-electron chi connectivity index (χ4n) is 4.55. The molecule has 1 fully saturated rings. The minimum absolute atomic E-state index is 0.0142. The molecule has 2 aliphatic rings. The summed E-state index contributed by atoms with van der Waals surface area (Å²) < 4.78 is 51.8. The Hall–Kier alpha value is -4.13. The largest absolute Gasteiger partial charge is 0.462 e. The van der Waals surface area contributed by atoms with Gasteiger partial charge in [-0.1, -0.05) is 43.0 Å². The molecule has 2 heterocycles. The number of ether oxygens (including phenoxy) is 2. The molecule has 0 aliphatic carbocycles. The van der Waals surface area contributed by atoms with E-state index in [0.717, 1.165) is 17.4 Å². The lowest BCUT2D eigenvalue weighted by atomic mass is 9.98. The molecule has 12 nitrogen and oxygen atoms in total. The molecule has 2 aromatic carbocycles. The van der Waals surface area contributed by atoms with Crippen molar-refractivity contribution >= 4 is 31.6 Å². The van der Waals surface area contributed by atoms with Gasteiger partial charge in [-0.05, 0) is 69.7 Å². The third kappa shape index (κ3) is 8.56. The number of alkyl halides is 1. The first-order valence-electron chi connectivity index (χ1n) is 14.5. The van der Waals surface area contributed by atoms with Crippen LogP contribution in [0.25, 0.3) is 6.08 Å². The van der Waals surface area contributed by atoms with Crippen molar-refractivity contribution in [1.29, 1.82) is 0 Å². The second-order valence-corrected chi connectivity index (χ2v) is 12.8. The van der Waals surface area contributed by atoms with Gasteiger partial charge in [0.15, 0.2) is 17.7 Å². The smallest absolute Gasteiger partial charge is 0.459 e. The first-order valence-corrected chi connectivity index (χ1v) is 16.0. The number of hydrogen-bond acceptors (Lipinski definition) is 9. The first kappa shape index (κ1) is 34.7. The molecule has 1 saturated heterocycles. The van der Waals surface area contributed by atoms with E-state index in [-0.39, 0.29) is 17.2 Å². The lowest BCUT2D eigenvalue weighted by Gasteiger charge is -2.33. The Morgan fingerprint density at radius 3 is 2.50 bits per heavy atom. The van der Waals surface area contributed by atoms with Crippen molar-refractivity contribution in [3.63, 3.8) is 0 Å². The van der Waals surface area contributed by atoms with Crippen LogP contribution in [0.2, 0.25) is 0 Å². The third-order valence-electron chi connectivity index (χ3n) is 6.97. The van der Waals surface area contributed by atoms with Crippen LogP contribution < -0.4 is 14.9 Å². The highest BCUT2D eigenvalue weighted by Crippen LogP contribution is 2.47. The molecule has 6 atom stereocenters. The molecule has 2 aliphatic heterocycles. The van der Waals surface area contributed by atoms with Gasteiger partial charge in [0.2, 0.25) is 0 Å². The van der Waals surface area contributed by atoms with E-state index in [1.54, 1.807) is 19.9 Å². The van der Waals surface area contributed by atoms with Gasteiger partial charge in [-0.3, -0.25) is 19.0 Å². The Morgan fingerprint density at radius 2 is 1.87 bits per heavy atom. The first-order chi connectivity index (χ1) is 21.7. The van der Waals surface area contributed by atoms with Gasteiger partial charge in [-0.2, -0.15) is 5.09 Å². The molecule has 1 unspecified atom stereocenters. The summed E-state index contributed by atoms with van der Waals surface area (Å²) in [5.41, 5.74) is -0.997. The number of benzene rings is 2. The molecule has 0 radical (unpaired) electrons. The zero-order chi connectivity index (χ0) is 33.6. The Morgan fingerprint density at radius 1 is 1.20 bits per heavy atom. The topological polar surface area (TPSA) is 153 Å². The SMILES string of the molecule is C=C1C=CN([C@@H]2O[C@H](COP(=O)(N[C@@H](C)C(=O)OC(C)C)Oc3ccc(C(=O)/C=C/c4ccccc4)cc3)[C@@H](O)[C@@]2(C)F)C(=O)N1. The molecule has 246 valence electrons. The molecule has 2 amide bonds. The van der Waals surface area contributed by atoms with Crippen LogP contribution in [0, 0.1) is 0 Å². The fraction of sp³-hybridized carbons (Fsp3) is 0.344. The van der Waals surface area contributed by atoms with Crippen molar-refractivity contribution in [2.75, 3.05) is 6.61 Å². The predicted molar refractivity (Wildman–Crippen MR) is 167 cm³/mol. The summed E-state index contributed by atoms with van der Waals surface area (Å²) in [7, 11) is -4.46. The van der Waals surface area contributed by atoms with Crippen LogP contribution in [0.4, 0.5) is 9.18 Å². The van der Waals surface area contributed by atoms with E-state index in [0.29, 0.717) is 5.56 Å². The molecule has 2 aromatic rings. The van der Waals surface area contributed by atoms with E-state index in [2.05, 4.69) is 17.0 Å². The van der Waals surface area contributed by atoms with E-state index >= 15 is 4.39 Å². The standard InChI is InChI=1S/C32H37FN3O9P/c1-20(2)43-29(39)22(4)35-46(41,45-25-14-12-24(13-15-25)26(37)16-11-23-9-7-6-8-10-23)42-19-27-28(38)32(5,33)30(44-27)36-18-17-21(3)34-31(36)40/h6-18,20,22,27-28,30,38H,3,19H2,1-2,4-5H3,(H,34,40)(H,35,41)/b16-11+/t22-,27+,28+,30+,32+,46?/m0/s1. The summed E-state index contributed by atoms with van der Waals surface area (Å²) in [4.78, 5) is 38.5. The fourth-order valence-corrected chi connectivity index (χ4v) is 6.06. The maximum Gasteiger partial charge on any atom is 0.459 e. The van der Waals surface area contributed by atoms with E-state index in [1.165, 1.54) is 49.5 Å². The minimum Gasteiger partial charge on any atom is -0.462 e. The normalized spacial score (nSPS) is 24.9. The van der Waals surface area contributed by atoms with E-state index < -0.39 is 62.6 Å². The molecule has 14 heteroatoms. The summed E-state index contributed by atoms with van der Waals surface area (Å²) in [5.74, 6) is -1.01. The van der Waals surface area contributed by atoms with Gasteiger partial charge in [0, 0.05) is 17.5 Å². The summed E-state index contributed by atoms with van der Waals surface area (Å²) in [6.45, 7) is 8.68. The van der Waals surface area contributed by atoms with E-state index in [4.69, 9.17) is 18.5 Å². The molecular formula is C32H37FN3O9P. The number of halogens is 1. The minimum atomic E-state index is -4.46. The van der Waals surface area contributed by atoms with Crippen LogP contribution >= 0.6 is 7.75 Å². The number of nitrogens with one attached hydrogen (secondary N) is 2. The number of allylic oxidation sites excluding steroid dienone is 2. The third-order valence-corrected chi connectivity index (χ3v) is 8.61. The number of ketones is 1. The maximum atomic E-state index is 15.7. The summed E-state index contributed by atoms with van der Waals surface area (Å²) >= 11 is 0. The van der Waals surface area contributed by atoms with Crippen molar-refractivity contribution < 1.29 is 47.0 Å². The predicted octanol–water partition coefficient (Wildman–Crippen LogP) is 4.88. The van der Waals surface area contributed by atoms with Gasteiger partial charge in [-0.15, -0.1) is 0 Å². The maximum absolute atomic E-state index is 15.7. The number of carbonyl (C=O) groups excluding carboxylic acids is 3. The number of nitrogens with zero attached hydrogens (tertiary/aromatic N) is 1. The number of rotatable bonds is 13. The Bertz CT molecular complexity index is 1550. The van der Waals surface area contributed by atoms with Gasteiger partial charge in [0.1, 0.15) is 24.0 Å². The van der Waals surface area contributed by atoms with Crippen LogP contribution in [-0.4, -0.2) is 70.6 Å². The number of aliphatic hydroxyl groups excluding tert-OH is 1. The molecular weight excluding hydrogens is 620 g/mol. The Balaban J connectivity index is 1.50. The molecule has 0 spiro atoms. The number of carbonyl (C=O) groups is 3. The molecule has 4 rings (SSSR count). The van der Waals surface area contributed by atoms with E-state index in [9.17, 15) is 24.1 Å². The van der Waals surface area contributed by atoms with E-state index in [1.807, 2.05) is 30.3 Å². The van der Waals surface area contributed by atoms with Gasteiger partial charge in [0.05, 0.1) is 12.7 Å². The summed E-state index contributed by atoms with van der Waals surface area (Å²) in [5, 5.41) is 15.7. The molecule has 46 heavy (non-hydrogen) atoms. The lowest BCUT2D eigenvalue weighted by Crippen LogP contribution is -2.53. The van der Waals surface area contributed by atoms with Gasteiger partial charge < -0.3 is 24.4 Å². The van der Waals surface area contributed by atoms with Crippen molar-refractivity contribution in [2.24, 2.45) is 0 Å². The molecule has 0 saturated carbocycles. The summed E-state index contributed by atoms with van der Waals surface area (Å²) in [6.07, 6.45) is 0.555. The van der Waals surface area contributed by atoms with Crippen LogP contribution in [0.1, 0.15) is 43.6 Å². The monoisotopic (exact) mass is 657 g/mol. The summed E-state index contributed by atoms with van der Waals surface area (Å²) in [6, 6.07) is 13.1. The average molecular weight is 658 g/mol. The highest BCUT2D eigenvalue weighted by Gasteiger charge is 2.57. The van der Waals surface area contributed by atoms with Crippen molar-refractivity contribution in [3.05, 3.63) is 96.4 Å². The number of urea groups is 1. The second-order valence-electron chi connectivity index (χ2n) is 11.2. The Kier molecular flexibility index (Phi) is 11.0.